The Balaban J connectivity index is 2.43. The third kappa shape index (κ3) is 2.73. The van der Waals surface area contributed by atoms with Gasteiger partial charge >= 0.3 is 11.9 Å². The van der Waals surface area contributed by atoms with Crippen LogP contribution in [0.25, 0.3) is 5.57 Å². The van der Waals surface area contributed by atoms with Gasteiger partial charge in [0.15, 0.2) is 0 Å². The molecular weight excluding hydrogens is 264 g/mol. The van der Waals surface area contributed by atoms with E-state index in [9.17, 15) is 14.8 Å². The number of pyridine rings is 1. The van der Waals surface area contributed by atoms with Gasteiger partial charge in [-0.05, 0) is 30.7 Å². The summed E-state index contributed by atoms with van der Waals surface area (Å²) in [6.45, 7) is 1.58. The molecule has 1 aromatic heterocycles. The first-order valence-corrected chi connectivity index (χ1v) is 5.78. The van der Waals surface area contributed by atoms with Crippen molar-refractivity contribution in [1.82, 2.24) is 4.98 Å². The number of aliphatic carboxylic acids is 1. The molecule has 0 radical (unpaired) electrons. The fraction of sp³-hybridized carbons (Fsp3) is 0.154. The lowest BCUT2D eigenvalue weighted by Crippen LogP contribution is -3.06. The van der Waals surface area contributed by atoms with E-state index in [1.54, 1.807) is 13.0 Å². The molecule has 0 amide bonds. The first-order valence-electron chi connectivity index (χ1n) is 5.78. The minimum Gasteiger partial charge on any atom is -0.628 e. The van der Waals surface area contributed by atoms with Gasteiger partial charge in [0.25, 0.3) is 0 Å². The van der Waals surface area contributed by atoms with Crippen LogP contribution in [-0.2, 0) is 4.79 Å². The highest BCUT2D eigenvalue weighted by atomic mass is 16.5. The second-order valence-corrected chi connectivity index (χ2v) is 4.36. The van der Waals surface area contributed by atoms with E-state index in [0.717, 1.165) is 0 Å². The fourth-order valence-electron chi connectivity index (χ4n) is 1.96. The number of nitrogens with one attached hydrogen (secondary N) is 1. The van der Waals surface area contributed by atoms with E-state index in [2.05, 4.69) is 4.98 Å². The van der Waals surface area contributed by atoms with Gasteiger partial charge in [-0.1, -0.05) is 0 Å². The molecule has 0 aliphatic carbocycles. The van der Waals surface area contributed by atoms with Crippen molar-refractivity contribution in [2.24, 2.45) is 0 Å². The topological polar surface area (TPSA) is 115 Å². The minimum atomic E-state index is -1.26. The number of carbonyl (C=O) groups is 2. The predicted octanol–water partition coefficient (Wildman–Crippen LogP) is -0.164. The molecular formula is C13H12N2O5. The number of aryl methyl sites for hydroxylation is 1. The number of hydroxylamine groups is 2. The molecule has 0 saturated carbocycles. The van der Waals surface area contributed by atoms with Gasteiger partial charge in [-0.3, -0.25) is 0 Å². The van der Waals surface area contributed by atoms with Gasteiger partial charge in [-0.15, -0.1) is 0 Å². The quantitative estimate of drug-likeness (QED) is 0.661. The number of quaternary nitrogens is 1. The average molecular weight is 276 g/mol. The maximum Gasteiger partial charge on any atom is 0.390 e. The van der Waals surface area contributed by atoms with Crippen molar-refractivity contribution in [2.75, 3.05) is 6.54 Å². The highest BCUT2D eigenvalue weighted by Crippen LogP contribution is 2.17. The molecule has 7 heteroatoms. The number of nitrogens with zero attached hydrogens (tertiary/aromatic N) is 1. The first-order chi connectivity index (χ1) is 9.38. The first kappa shape index (κ1) is 13.9. The van der Waals surface area contributed by atoms with Gasteiger partial charge in [0, 0.05) is 17.3 Å². The summed E-state index contributed by atoms with van der Waals surface area (Å²) >= 11 is 0. The molecule has 20 heavy (non-hydrogen) atoms. The lowest BCUT2D eigenvalue weighted by molar-refractivity contribution is -0.793. The number of aromatic nitrogens is 1. The SMILES string of the molecule is Cc1cc(C2=CC=C(C(=O)O)[NH+]([O-])C2)cc(C(=O)O)n1. The van der Waals surface area contributed by atoms with Crippen LogP contribution < -0.4 is 5.06 Å². The zero-order valence-corrected chi connectivity index (χ0v) is 10.6. The van der Waals surface area contributed by atoms with Crippen molar-refractivity contribution >= 4 is 17.5 Å². The summed E-state index contributed by atoms with van der Waals surface area (Å²) in [4.78, 5) is 25.6. The monoisotopic (exact) mass is 276 g/mol. The number of carboxylic acids is 2. The molecule has 1 atom stereocenters. The maximum absolute atomic E-state index is 11.7. The van der Waals surface area contributed by atoms with Crippen molar-refractivity contribution in [2.45, 2.75) is 6.92 Å². The second kappa shape index (κ2) is 5.24. The van der Waals surface area contributed by atoms with Gasteiger partial charge in [0.05, 0.1) is 0 Å². The van der Waals surface area contributed by atoms with Crippen LogP contribution in [0.15, 0.2) is 30.0 Å². The molecule has 1 aliphatic rings. The third-order valence-corrected chi connectivity index (χ3v) is 2.88. The number of allylic oxidation sites excluding steroid dienone is 2. The van der Waals surface area contributed by atoms with Crippen LogP contribution in [0.3, 0.4) is 0 Å². The zero-order valence-electron chi connectivity index (χ0n) is 10.6. The smallest absolute Gasteiger partial charge is 0.390 e. The molecule has 1 aliphatic heterocycles. The average Bonchev–Trinajstić information content (AvgIpc) is 2.37. The van der Waals surface area contributed by atoms with Crippen LogP contribution in [0, 0.1) is 12.1 Å². The van der Waals surface area contributed by atoms with Crippen molar-refractivity contribution in [3.05, 3.63) is 52.1 Å². The van der Waals surface area contributed by atoms with Crippen LogP contribution in [0.1, 0.15) is 21.7 Å². The molecule has 104 valence electrons. The van der Waals surface area contributed by atoms with Crippen molar-refractivity contribution in [3.63, 3.8) is 0 Å². The highest BCUT2D eigenvalue weighted by molar-refractivity contribution is 5.88. The molecule has 0 aromatic carbocycles. The molecule has 0 spiro atoms. The normalized spacial score (nSPS) is 18.2. The summed E-state index contributed by atoms with van der Waals surface area (Å²) in [5.74, 6) is -2.41. The van der Waals surface area contributed by atoms with Crippen LogP contribution in [0.4, 0.5) is 0 Å². The predicted molar refractivity (Wildman–Crippen MR) is 68.8 cm³/mol. The third-order valence-electron chi connectivity index (χ3n) is 2.88. The van der Waals surface area contributed by atoms with E-state index in [-0.39, 0.29) is 17.9 Å². The summed E-state index contributed by atoms with van der Waals surface area (Å²) in [5.41, 5.74) is 1.28. The number of hydrogen-bond donors (Lipinski definition) is 3. The number of hydrogen-bond acceptors (Lipinski definition) is 4. The van der Waals surface area contributed by atoms with E-state index in [4.69, 9.17) is 10.2 Å². The van der Waals surface area contributed by atoms with Gasteiger partial charge in [0.1, 0.15) is 12.2 Å². The van der Waals surface area contributed by atoms with Crippen molar-refractivity contribution < 1.29 is 24.9 Å². The Labute approximate surface area is 114 Å². The Morgan fingerprint density at radius 2 is 1.95 bits per heavy atom. The van der Waals surface area contributed by atoms with Crippen LogP contribution in [0.2, 0.25) is 0 Å². The maximum atomic E-state index is 11.7. The van der Waals surface area contributed by atoms with Crippen molar-refractivity contribution in [3.8, 4) is 0 Å². The lowest BCUT2D eigenvalue weighted by Gasteiger charge is -2.26. The van der Waals surface area contributed by atoms with Gasteiger partial charge in [-0.25, -0.2) is 14.6 Å². The molecule has 0 saturated heterocycles. The van der Waals surface area contributed by atoms with Gasteiger partial charge in [0.2, 0.25) is 5.70 Å². The Morgan fingerprint density at radius 3 is 2.50 bits per heavy atom. The molecule has 7 nitrogen and oxygen atoms in total. The van der Waals surface area contributed by atoms with E-state index in [1.807, 2.05) is 0 Å². The van der Waals surface area contributed by atoms with Crippen LogP contribution in [0.5, 0.6) is 0 Å². The molecule has 0 bridgehead atoms. The number of carboxylic acid groups (broad SMARTS) is 2. The Hall–Kier alpha value is -2.51. The molecule has 2 rings (SSSR count). The highest BCUT2D eigenvalue weighted by Gasteiger charge is 2.21. The Bertz CT molecular complexity index is 648. The fourth-order valence-corrected chi connectivity index (χ4v) is 1.96. The molecule has 1 unspecified atom stereocenters. The second-order valence-electron chi connectivity index (χ2n) is 4.36. The Kier molecular flexibility index (Phi) is 3.64. The summed E-state index contributed by atoms with van der Waals surface area (Å²) in [5, 5.41) is 29.0. The molecule has 3 N–H and O–H groups in total. The Morgan fingerprint density at radius 1 is 1.25 bits per heavy atom. The summed E-state index contributed by atoms with van der Waals surface area (Å²) < 4.78 is 0. The summed E-state index contributed by atoms with van der Waals surface area (Å²) in [6.07, 6.45) is 2.75. The van der Waals surface area contributed by atoms with Crippen molar-refractivity contribution in [1.29, 1.82) is 0 Å². The van der Waals surface area contributed by atoms with Gasteiger partial charge < -0.3 is 20.5 Å². The minimum absolute atomic E-state index is 0.0688. The number of aromatic carboxylic acids is 1. The van der Waals surface area contributed by atoms with E-state index in [0.29, 0.717) is 16.8 Å². The zero-order chi connectivity index (χ0) is 14.9. The number of rotatable bonds is 3. The molecule has 0 fully saturated rings. The van der Waals surface area contributed by atoms with Gasteiger partial charge in [-0.2, -0.15) is 0 Å². The molecule has 1 aromatic rings. The summed E-state index contributed by atoms with van der Waals surface area (Å²) in [7, 11) is 0. The van der Waals surface area contributed by atoms with Crippen LogP contribution >= 0.6 is 0 Å². The summed E-state index contributed by atoms with van der Waals surface area (Å²) in [6, 6.07) is 3.03. The lowest BCUT2D eigenvalue weighted by atomic mass is 10.0. The van der Waals surface area contributed by atoms with E-state index in [1.165, 1.54) is 18.2 Å². The van der Waals surface area contributed by atoms with E-state index < -0.39 is 17.0 Å². The standard InChI is InChI=1S/C13H12N2O5/c1-7-4-9(5-10(14-7)12(16)17)8-2-3-11(13(18)19)15(20)6-8/h2-5,15H,6H2,1H3,(H,16,17)(H,18,19). The largest absolute Gasteiger partial charge is 0.628 e. The van der Waals surface area contributed by atoms with Crippen LogP contribution in [-0.4, -0.2) is 33.7 Å². The van der Waals surface area contributed by atoms with E-state index >= 15 is 0 Å². The molecule has 2 heterocycles.